The van der Waals surface area contributed by atoms with E-state index in [-0.39, 0.29) is 24.4 Å². The van der Waals surface area contributed by atoms with Crippen molar-refractivity contribution < 1.29 is 9.59 Å². The molecule has 1 unspecified atom stereocenters. The van der Waals surface area contributed by atoms with Gasteiger partial charge in [-0.25, -0.2) is 0 Å². The fourth-order valence-electron chi connectivity index (χ4n) is 2.92. The van der Waals surface area contributed by atoms with Crippen LogP contribution in [0.4, 0.5) is 5.69 Å². The number of carbonyl (C=O) groups excluding carboxylic acids is 2. The van der Waals surface area contributed by atoms with Gasteiger partial charge < -0.3 is 10.2 Å². The van der Waals surface area contributed by atoms with Gasteiger partial charge in [0, 0.05) is 21.8 Å². The van der Waals surface area contributed by atoms with Crippen molar-refractivity contribution in [2.24, 2.45) is 0 Å². The van der Waals surface area contributed by atoms with Crippen LogP contribution in [0.5, 0.6) is 0 Å². The van der Waals surface area contributed by atoms with E-state index < -0.39 is 0 Å². The van der Waals surface area contributed by atoms with E-state index in [1.54, 1.807) is 23.1 Å². The van der Waals surface area contributed by atoms with Crippen LogP contribution in [0.1, 0.15) is 22.8 Å². The van der Waals surface area contributed by atoms with Gasteiger partial charge in [0.2, 0.25) is 5.91 Å². The molecule has 4 nitrogen and oxygen atoms in total. The number of hydrogen-bond acceptors (Lipinski definition) is 2. The van der Waals surface area contributed by atoms with Gasteiger partial charge in [0.1, 0.15) is 0 Å². The highest BCUT2D eigenvalue weighted by Crippen LogP contribution is 2.31. The van der Waals surface area contributed by atoms with Gasteiger partial charge in [0.15, 0.2) is 0 Å². The van der Waals surface area contributed by atoms with Crippen molar-refractivity contribution in [3.8, 4) is 0 Å². The molecule has 0 aromatic heterocycles. The largest absolute Gasteiger partial charge is 0.343 e. The number of amides is 2. The van der Waals surface area contributed by atoms with Crippen LogP contribution in [0.3, 0.4) is 0 Å². The van der Waals surface area contributed by atoms with E-state index in [4.69, 9.17) is 0 Å². The number of fused-ring (bicyclic) bond motifs is 1. The van der Waals surface area contributed by atoms with Crippen LogP contribution in [0, 0.1) is 0 Å². The van der Waals surface area contributed by atoms with Crippen LogP contribution in [-0.4, -0.2) is 24.4 Å². The predicted molar refractivity (Wildman–Crippen MR) is 93.6 cm³/mol. The second-order valence-corrected chi connectivity index (χ2v) is 6.55. The zero-order valence-corrected chi connectivity index (χ0v) is 14.3. The Morgan fingerprint density at radius 1 is 1.22 bits per heavy atom. The van der Waals surface area contributed by atoms with Gasteiger partial charge in [-0.15, -0.1) is 0 Å². The number of nitrogens with one attached hydrogen (secondary N) is 1. The lowest BCUT2D eigenvalue weighted by Gasteiger charge is -2.22. The van der Waals surface area contributed by atoms with Crippen molar-refractivity contribution >= 4 is 33.4 Å². The monoisotopic (exact) mass is 372 g/mol. The van der Waals surface area contributed by atoms with Crippen molar-refractivity contribution in [2.45, 2.75) is 19.4 Å². The maximum atomic E-state index is 12.5. The lowest BCUT2D eigenvalue weighted by atomic mass is 10.1. The molecule has 0 bridgehead atoms. The molecule has 1 aliphatic rings. The summed E-state index contributed by atoms with van der Waals surface area (Å²) in [6, 6.07) is 15.1. The highest BCUT2D eigenvalue weighted by Gasteiger charge is 2.30. The van der Waals surface area contributed by atoms with Gasteiger partial charge in [-0.3, -0.25) is 9.59 Å². The normalized spacial score (nSPS) is 16.1. The first-order valence-corrected chi connectivity index (χ1v) is 8.29. The fourth-order valence-corrected chi connectivity index (χ4v) is 3.32. The van der Waals surface area contributed by atoms with Crippen molar-refractivity contribution in [1.82, 2.24) is 5.32 Å². The molecular formula is C18H17BrN2O2. The van der Waals surface area contributed by atoms with E-state index in [0.29, 0.717) is 5.56 Å². The van der Waals surface area contributed by atoms with E-state index in [2.05, 4.69) is 21.2 Å². The maximum absolute atomic E-state index is 12.5. The first kappa shape index (κ1) is 15.7. The second-order valence-electron chi connectivity index (χ2n) is 5.64. The third-order valence-electron chi connectivity index (χ3n) is 3.96. The Kier molecular flexibility index (Phi) is 4.48. The summed E-state index contributed by atoms with van der Waals surface area (Å²) in [7, 11) is 0. The molecule has 5 heteroatoms. The highest BCUT2D eigenvalue weighted by atomic mass is 79.9. The van der Waals surface area contributed by atoms with Crippen molar-refractivity contribution in [1.29, 1.82) is 0 Å². The van der Waals surface area contributed by atoms with Crippen LogP contribution in [-0.2, 0) is 11.2 Å². The third kappa shape index (κ3) is 3.29. The third-order valence-corrected chi connectivity index (χ3v) is 4.46. The summed E-state index contributed by atoms with van der Waals surface area (Å²) in [4.78, 5) is 26.4. The summed E-state index contributed by atoms with van der Waals surface area (Å²) >= 11 is 3.34. The average molecular weight is 373 g/mol. The molecule has 3 rings (SSSR count). The summed E-state index contributed by atoms with van der Waals surface area (Å²) in [6.07, 6.45) is 0.849. The van der Waals surface area contributed by atoms with Crippen LogP contribution in [0.25, 0.3) is 0 Å². The number of benzene rings is 2. The first-order valence-electron chi connectivity index (χ1n) is 7.50. The Bertz CT molecular complexity index is 760. The Balaban J connectivity index is 1.67. The van der Waals surface area contributed by atoms with Crippen LogP contribution >= 0.6 is 15.9 Å². The fraction of sp³-hybridized carbons (Fsp3) is 0.222. The van der Waals surface area contributed by atoms with Crippen LogP contribution in [0.2, 0.25) is 0 Å². The van der Waals surface area contributed by atoms with Gasteiger partial charge >= 0.3 is 0 Å². The lowest BCUT2D eigenvalue weighted by molar-refractivity contribution is -0.118. The number of anilines is 1. The number of para-hydroxylation sites is 1. The average Bonchev–Trinajstić information content (AvgIpc) is 2.88. The SMILES string of the molecule is CC1Cc2ccccc2N1C(=O)CNC(=O)c1cccc(Br)c1. The molecule has 0 aliphatic carbocycles. The molecule has 2 aromatic rings. The smallest absolute Gasteiger partial charge is 0.251 e. The van der Waals surface area contributed by atoms with Crippen molar-refractivity contribution in [2.75, 3.05) is 11.4 Å². The number of nitrogens with zero attached hydrogens (tertiary/aromatic N) is 1. The second kappa shape index (κ2) is 6.54. The van der Waals surface area contributed by atoms with Crippen LogP contribution < -0.4 is 10.2 Å². The molecule has 0 saturated heterocycles. The molecular weight excluding hydrogens is 356 g/mol. The minimum absolute atomic E-state index is 0.00990. The summed E-state index contributed by atoms with van der Waals surface area (Å²) in [6.45, 7) is 2.01. The summed E-state index contributed by atoms with van der Waals surface area (Å²) < 4.78 is 0.832. The standard InChI is InChI=1S/C18H17BrN2O2/c1-12-9-13-5-2-3-8-16(13)21(12)17(22)11-20-18(23)14-6-4-7-15(19)10-14/h2-8,10,12H,9,11H2,1H3,(H,20,23). The first-order chi connectivity index (χ1) is 11.1. The molecule has 0 radical (unpaired) electrons. The minimum atomic E-state index is -0.250. The van der Waals surface area contributed by atoms with E-state index in [1.807, 2.05) is 37.3 Å². The molecule has 0 saturated carbocycles. The minimum Gasteiger partial charge on any atom is -0.343 e. The topological polar surface area (TPSA) is 49.4 Å². The van der Waals surface area contributed by atoms with Gasteiger partial charge in [-0.1, -0.05) is 40.2 Å². The van der Waals surface area contributed by atoms with E-state index in [9.17, 15) is 9.59 Å². The molecule has 118 valence electrons. The highest BCUT2D eigenvalue weighted by molar-refractivity contribution is 9.10. The predicted octanol–water partition coefficient (Wildman–Crippen LogP) is 3.16. The van der Waals surface area contributed by atoms with E-state index >= 15 is 0 Å². The molecule has 0 spiro atoms. The number of halogens is 1. The molecule has 1 atom stereocenters. The molecule has 23 heavy (non-hydrogen) atoms. The quantitative estimate of drug-likeness (QED) is 0.899. The Labute approximate surface area is 143 Å². The van der Waals surface area contributed by atoms with Gasteiger partial charge in [-0.05, 0) is 43.2 Å². The molecule has 1 N–H and O–H groups in total. The number of carbonyl (C=O) groups is 2. The zero-order valence-electron chi connectivity index (χ0n) is 12.8. The van der Waals surface area contributed by atoms with Gasteiger partial charge in [-0.2, -0.15) is 0 Å². The van der Waals surface area contributed by atoms with Crippen LogP contribution in [0.15, 0.2) is 53.0 Å². The van der Waals surface area contributed by atoms with Crippen molar-refractivity contribution in [3.05, 3.63) is 64.1 Å². The summed E-state index contributed by atoms with van der Waals surface area (Å²) in [5.41, 5.74) is 2.65. The summed E-state index contributed by atoms with van der Waals surface area (Å²) in [5.74, 6) is -0.342. The Hall–Kier alpha value is -2.14. The Morgan fingerprint density at radius 3 is 2.78 bits per heavy atom. The van der Waals surface area contributed by atoms with E-state index in [0.717, 1.165) is 16.6 Å². The lowest BCUT2D eigenvalue weighted by Crippen LogP contribution is -2.43. The van der Waals surface area contributed by atoms with Gasteiger partial charge in [0.25, 0.3) is 5.91 Å². The van der Waals surface area contributed by atoms with E-state index in [1.165, 1.54) is 5.56 Å². The van der Waals surface area contributed by atoms with Gasteiger partial charge in [0.05, 0.1) is 6.54 Å². The van der Waals surface area contributed by atoms with Crippen molar-refractivity contribution in [3.63, 3.8) is 0 Å². The molecule has 1 aliphatic heterocycles. The Morgan fingerprint density at radius 2 is 2.00 bits per heavy atom. The molecule has 2 amide bonds. The maximum Gasteiger partial charge on any atom is 0.251 e. The zero-order chi connectivity index (χ0) is 16.4. The number of rotatable bonds is 3. The molecule has 2 aromatic carbocycles. The molecule has 1 heterocycles. The molecule has 0 fully saturated rings. The number of hydrogen-bond donors (Lipinski definition) is 1. The summed E-state index contributed by atoms with van der Waals surface area (Å²) in [5, 5.41) is 2.70.